The first kappa shape index (κ1) is 19.2. The summed E-state index contributed by atoms with van der Waals surface area (Å²) in [4.78, 5) is 27.7. The monoisotopic (exact) mass is 347 g/mol. The molecular formula is C19H29N3O3. The first-order valence-corrected chi connectivity index (χ1v) is 9.05. The number of hydrogen-bond acceptors (Lipinski definition) is 4. The number of carboxylic acid groups (broad SMARTS) is 1. The summed E-state index contributed by atoms with van der Waals surface area (Å²) in [6.45, 7) is 8.40. The Bertz CT molecular complexity index is 583. The molecule has 138 valence electrons. The van der Waals surface area contributed by atoms with Gasteiger partial charge in [0.15, 0.2) is 0 Å². The summed E-state index contributed by atoms with van der Waals surface area (Å²) in [5, 5.41) is 11.7. The zero-order valence-corrected chi connectivity index (χ0v) is 15.2. The Morgan fingerprint density at radius 2 is 1.96 bits per heavy atom. The molecule has 1 aromatic rings. The first-order valence-electron chi connectivity index (χ1n) is 9.05. The molecule has 6 nitrogen and oxygen atoms in total. The molecule has 0 bridgehead atoms. The Balaban J connectivity index is 1.73. The SMILES string of the molecule is CCCC(NC(=O)CCN1CCN(c2cccc(C)c2)CC1)C(=O)O. The van der Waals surface area contributed by atoms with Crippen molar-refractivity contribution in [2.24, 2.45) is 0 Å². The van der Waals surface area contributed by atoms with Crippen LogP contribution in [0.5, 0.6) is 0 Å². The molecule has 1 unspecified atom stereocenters. The van der Waals surface area contributed by atoms with Crippen LogP contribution < -0.4 is 10.2 Å². The van der Waals surface area contributed by atoms with Crippen molar-refractivity contribution in [1.29, 1.82) is 0 Å². The van der Waals surface area contributed by atoms with Crippen molar-refractivity contribution in [1.82, 2.24) is 10.2 Å². The molecule has 0 spiro atoms. The van der Waals surface area contributed by atoms with Crippen LogP contribution >= 0.6 is 0 Å². The van der Waals surface area contributed by atoms with E-state index in [-0.39, 0.29) is 5.91 Å². The number of rotatable bonds is 8. The lowest BCUT2D eigenvalue weighted by Gasteiger charge is -2.36. The summed E-state index contributed by atoms with van der Waals surface area (Å²) < 4.78 is 0. The molecule has 1 aliphatic rings. The number of benzene rings is 1. The fourth-order valence-corrected chi connectivity index (χ4v) is 3.13. The van der Waals surface area contributed by atoms with Crippen molar-refractivity contribution in [3.05, 3.63) is 29.8 Å². The molecule has 25 heavy (non-hydrogen) atoms. The molecule has 1 fully saturated rings. The third-order valence-corrected chi connectivity index (χ3v) is 4.60. The van der Waals surface area contributed by atoms with Gasteiger partial charge in [-0.15, -0.1) is 0 Å². The number of aliphatic carboxylic acids is 1. The van der Waals surface area contributed by atoms with Crippen LogP contribution in [0.2, 0.25) is 0 Å². The molecule has 6 heteroatoms. The highest BCUT2D eigenvalue weighted by Gasteiger charge is 2.21. The maximum atomic E-state index is 12.0. The lowest BCUT2D eigenvalue weighted by Crippen LogP contribution is -2.48. The minimum absolute atomic E-state index is 0.179. The standard InChI is InChI=1S/C19H29N3O3/c1-3-5-17(19(24)25)20-18(23)8-9-21-10-12-22(13-11-21)16-7-4-6-15(2)14-16/h4,6-7,14,17H,3,5,8-13H2,1-2H3,(H,20,23)(H,24,25). The largest absolute Gasteiger partial charge is 0.480 e. The van der Waals surface area contributed by atoms with Crippen LogP contribution in [0.1, 0.15) is 31.7 Å². The minimum atomic E-state index is -0.957. The van der Waals surface area contributed by atoms with E-state index >= 15 is 0 Å². The Kier molecular flexibility index (Phi) is 7.25. The second kappa shape index (κ2) is 9.42. The summed E-state index contributed by atoms with van der Waals surface area (Å²) in [7, 11) is 0. The van der Waals surface area contributed by atoms with Gasteiger partial charge in [0.25, 0.3) is 0 Å². The number of carboxylic acids is 1. The van der Waals surface area contributed by atoms with Crippen LogP contribution in [-0.4, -0.2) is 60.6 Å². The molecule has 1 heterocycles. The molecule has 1 amide bonds. The van der Waals surface area contributed by atoms with Crippen LogP contribution in [0, 0.1) is 6.92 Å². The molecule has 1 aromatic carbocycles. The number of nitrogens with one attached hydrogen (secondary N) is 1. The molecule has 2 rings (SSSR count). The van der Waals surface area contributed by atoms with E-state index in [2.05, 4.69) is 46.3 Å². The van der Waals surface area contributed by atoms with Crippen molar-refractivity contribution in [2.45, 2.75) is 39.2 Å². The van der Waals surface area contributed by atoms with E-state index in [0.29, 0.717) is 19.4 Å². The summed E-state index contributed by atoms with van der Waals surface area (Å²) >= 11 is 0. The Morgan fingerprint density at radius 1 is 1.24 bits per heavy atom. The van der Waals surface area contributed by atoms with Crippen molar-refractivity contribution in [2.75, 3.05) is 37.6 Å². The van der Waals surface area contributed by atoms with Gasteiger partial charge in [0.2, 0.25) is 5.91 Å². The normalized spacial score (nSPS) is 16.5. The molecule has 2 N–H and O–H groups in total. The first-order chi connectivity index (χ1) is 12.0. The number of amides is 1. The number of carbonyl (C=O) groups is 2. The Morgan fingerprint density at radius 3 is 2.56 bits per heavy atom. The average molecular weight is 347 g/mol. The number of carbonyl (C=O) groups excluding carboxylic acids is 1. The van der Waals surface area contributed by atoms with Gasteiger partial charge in [-0.3, -0.25) is 9.69 Å². The molecule has 1 aliphatic heterocycles. The van der Waals surface area contributed by atoms with E-state index in [1.165, 1.54) is 11.3 Å². The summed E-state index contributed by atoms with van der Waals surface area (Å²) in [5.74, 6) is -1.14. The van der Waals surface area contributed by atoms with Crippen LogP contribution in [0.25, 0.3) is 0 Å². The Hall–Kier alpha value is -2.08. The maximum Gasteiger partial charge on any atom is 0.326 e. The van der Waals surface area contributed by atoms with Crippen molar-refractivity contribution in [3.63, 3.8) is 0 Å². The van der Waals surface area contributed by atoms with Crippen LogP contribution in [0.15, 0.2) is 24.3 Å². The fraction of sp³-hybridized carbons (Fsp3) is 0.579. The fourth-order valence-electron chi connectivity index (χ4n) is 3.13. The van der Waals surface area contributed by atoms with Gasteiger partial charge in [0.05, 0.1) is 0 Å². The summed E-state index contributed by atoms with van der Waals surface area (Å²) in [6.07, 6.45) is 1.55. The molecule has 1 saturated heterocycles. The van der Waals surface area contributed by atoms with Crippen LogP contribution in [-0.2, 0) is 9.59 Å². The highest BCUT2D eigenvalue weighted by molar-refractivity contribution is 5.83. The van der Waals surface area contributed by atoms with E-state index in [4.69, 9.17) is 5.11 Å². The topological polar surface area (TPSA) is 72.9 Å². The van der Waals surface area contributed by atoms with E-state index < -0.39 is 12.0 Å². The lowest BCUT2D eigenvalue weighted by atomic mass is 10.1. The molecular weight excluding hydrogens is 318 g/mol. The van der Waals surface area contributed by atoms with Crippen molar-refractivity contribution >= 4 is 17.6 Å². The van der Waals surface area contributed by atoms with E-state index in [1.54, 1.807) is 0 Å². The maximum absolute atomic E-state index is 12.0. The molecule has 0 aliphatic carbocycles. The third kappa shape index (κ3) is 6.05. The predicted octanol–water partition coefficient (Wildman–Crippen LogP) is 1.88. The Labute approximate surface area is 149 Å². The second-order valence-electron chi connectivity index (χ2n) is 6.66. The van der Waals surface area contributed by atoms with Gasteiger partial charge < -0.3 is 15.3 Å². The zero-order chi connectivity index (χ0) is 18.2. The molecule has 0 aromatic heterocycles. The van der Waals surface area contributed by atoms with Gasteiger partial charge in [-0.1, -0.05) is 25.5 Å². The highest BCUT2D eigenvalue weighted by atomic mass is 16.4. The number of aryl methyl sites for hydroxylation is 1. The van der Waals surface area contributed by atoms with Gasteiger partial charge in [-0.2, -0.15) is 0 Å². The molecule has 0 radical (unpaired) electrons. The zero-order valence-electron chi connectivity index (χ0n) is 15.2. The number of anilines is 1. The van der Waals surface area contributed by atoms with Gasteiger partial charge in [-0.05, 0) is 31.0 Å². The minimum Gasteiger partial charge on any atom is -0.480 e. The van der Waals surface area contributed by atoms with Gasteiger partial charge in [0.1, 0.15) is 6.04 Å². The summed E-state index contributed by atoms with van der Waals surface area (Å²) in [5.41, 5.74) is 2.51. The van der Waals surface area contributed by atoms with Crippen molar-refractivity contribution < 1.29 is 14.7 Å². The van der Waals surface area contributed by atoms with Crippen LogP contribution in [0.3, 0.4) is 0 Å². The quantitative estimate of drug-likeness (QED) is 0.751. The lowest BCUT2D eigenvalue weighted by molar-refractivity contribution is -0.142. The molecule has 1 atom stereocenters. The van der Waals surface area contributed by atoms with E-state index in [1.807, 2.05) is 6.92 Å². The van der Waals surface area contributed by atoms with Crippen LogP contribution in [0.4, 0.5) is 5.69 Å². The summed E-state index contributed by atoms with van der Waals surface area (Å²) in [6, 6.07) is 7.74. The number of nitrogens with zero attached hydrogens (tertiary/aromatic N) is 2. The molecule has 0 saturated carbocycles. The van der Waals surface area contributed by atoms with Gasteiger partial charge >= 0.3 is 5.97 Å². The van der Waals surface area contributed by atoms with Gasteiger partial charge in [-0.25, -0.2) is 4.79 Å². The van der Waals surface area contributed by atoms with Gasteiger partial charge in [0, 0.05) is 44.8 Å². The van der Waals surface area contributed by atoms with Crippen molar-refractivity contribution in [3.8, 4) is 0 Å². The van der Waals surface area contributed by atoms with E-state index in [9.17, 15) is 9.59 Å². The average Bonchev–Trinajstić information content (AvgIpc) is 2.60. The number of piperazine rings is 1. The highest BCUT2D eigenvalue weighted by Crippen LogP contribution is 2.17. The van der Waals surface area contributed by atoms with E-state index in [0.717, 1.165) is 32.6 Å². The second-order valence-corrected chi connectivity index (χ2v) is 6.66. The number of hydrogen-bond donors (Lipinski definition) is 2. The predicted molar refractivity (Wildman–Crippen MR) is 98.9 cm³/mol. The smallest absolute Gasteiger partial charge is 0.326 e. The third-order valence-electron chi connectivity index (χ3n) is 4.60.